The van der Waals surface area contributed by atoms with Gasteiger partial charge in [-0.2, -0.15) is 0 Å². The van der Waals surface area contributed by atoms with Crippen molar-refractivity contribution < 1.29 is 14.3 Å². The zero-order valence-corrected chi connectivity index (χ0v) is 9.08. The molecular formula is C12H10FNO3. The number of carboxylic acids is 1. The van der Waals surface area contributed by atoms with Crippen LogP contribution in [-0.4, -0.2) is 16.1 Å². The van der Waals surface area contributed by atoms with E-state index in [1.165, 1.54) is 12.1 Å². The topological polar surface area (TPSA) is 70.2 Å². The summed E-state index contributed by atoms with van der Waals surface area (Å²) >= 11 is 0. The number of fused-ring (bicyclic) bond motifs is 1. The lowest BCUT2D eigenvalue weighted by Gasteiger charge is -2.07. The van der Waals surface area contributed by atoms with Gasteiger partial charge in [0.25, 0.3) is 5.56 Å². The van der Waals surface area contributed by atoms with Gasteiger partial charge in [-0.15, -0.1) is 0 Å². The summed E-state index contributed by atoms with van der Waals surface area (Å²) in [5, 5.41) is 9.24. The molecular weight excluding hydrogens is 225 g/mol. The number of benzene rings is 1. The van der Waals surface area contributed by atoms with Crippen molar-refractivity contribution in [3.8, 4) is 0 Å². The number of aryl methyl sites for hydroxylation is 1. The Balaban J connectivity index is 2.81. The van der Waals surface area contributed by atoms with E-state index in [2.05, 4.69) is 4.98 Å². The molecule has 4 nitrogen and oxygen atoms in total. The molecule has 0 saturated carbocycles. The molecule has 0 aliphatic heterocycles. The van der Waals surface area contributed by atoms with Gasteiger partial charge in [-0.25, -0.2) is 4.39 Å². The molecule has 0 saturated heterocycles. The van der Waals surface area contributed by atoms with E-state index < -0.39 is 17.3 Å². The Bertz CT molecular complexity index is 661. The van der Waals surface area contributed by atoms with Crippen LogP contribution >= 0.6 is 0 Å². The summed E-state index contributed by atoms with van der Waals surface area (Å²) in [5.41, 5.74) is 0.230. The molecule has 1 heterocycles. The number of carboxylic acid groups (broad SMARTS) is 1. The number of nitrogens with one attached hydrogen (secondary N) is 1. The first kappa shape index (κ1) is 11.3. The standard InChI is InChI=1S/C12H10FNO3/c1-6-7-3-2-4-9(13)11(7)14-12(17)8(6)5-10(15)16/h2-4H,5H2,1H3,(H,14,17)(H,15,16). The second kappa shape index (κ2) is 4.01. The fraction of sp³-hybridized carbons (Fsp3) is 0.167. The van der Waals surface area contributed by atoms with Crippen LogP contribution in [0.4, 0.5) is 4.39 Å². The molecule has 0 spiro atoms. The van der Waals surface area contributed by atoms with Crippen molar-refractivity contribution in [2.45, 2.75) is 13.3 Å². The number of aromatic amines is 1. The fourth-order valence-corrected chi connectivity index (χ4v) is 1.85. The molecule has 2 N–H and O–H groups in total. The summed E-state index contributed by atoms with van der Waals surface area (Å²) in [6, 6.07) is 4.41. The third-order valence-corrected chi connectivity index (χ3v) is 2.71. The average molecular weight is 235 g/mol. The number of H-pyrrole nitrogens is 1. The minimum Gasteiger partial charge on any atom is -0.481 e. The molecule has 0 amide bonds. The molecule has 0 unspecified atom stereocenters. The van der Waals surface area contributed by atoms with Gasteiger partial charge in [-0.1, -0.05) is 12.1 Å². The zero-order valence-electron chi connectivity index (χ0n) is 9.08. The van der Waals surface area contributed by atoms with Crippen molar-refractivity contribution in [2.75, 3.05) is 0 Å². The van der Waals surface area contributed by atoms with Crippen LogP contribution in [0.15, 0.2) is 23.0 Å². The lowest BCUT2D eigenvalue weighted by Crippen LogP contribution is -2.18. The van der Waals surface area contributed by atoms with Crippen LogP contribution in [0.5, 0.6) is 0 Å². The van der Waals surface area contributed by atoms with Gasteiger partial charge in [0, 0.05) is 10.9 Å². The maximum Gasteiger partial charge on any atom is 0.308 e. The van der Waals surface area contributed by atoms with Crippen LogP contribution in [0.3, 0.4) is 0 Å². The SMILES string of the molecule is Cc1c(CC(=O)O)c(=O)[nH]c2c(F)cccc12. The summed E-state index contributed by atoms with van der Waals surface area (Å²) in [5.74, 6) is -1.61. The van der Waals surface area contributed by atoms with Gasteiger partial charge in [0.2, 0.25) is 0 Å². The summed E-state index contributed by atoms with van der Waals surface area (Å²) in [7, 11) is 0. The number of para-hydroxylation sites is 1. The smallest absolute Gasteiger partial charge is 0.308 e. The van der Waals surface area contributed by atoms with Gasteiger partial charge >= 0.3 is 5.97 Å². The van der Waals surface area contributed by atoms with Crippen molar-refractivity contribution >= 4 is 16.9 Å². The number of pyridine rings is 1. The number of hydrogen-bond acceptors (Lipinski definition) is 2. The van der Waals surface area contributed by atoms with E-state index in [-0.39, 0.29) is 17.5 Å². The Morgan fingerprint density at radius 3 is 2.82 bits per heavy atom. The van der Waals surface area contributed by atoms with Crippen LogP contribution in [0.25, 0.3) is 10.9 Å². The summed E-state index contributed by atoms with van der Waals surface area (Å²) in [6.45, 7) is 1.62. The summed E-state index contributed by atoms with van der Waals surface area (Å²) < 4.78 is 13.5. The quantitative estimate of drug-likeness (QED) is 0.830. The molecule has 2 rings (SSSR count). The van der Waals surface area contributed by atoms with Crippen LogP contribution in [0, 0.1) is 12.7 Å². The monoisotopic (exact) mass is 235 g/mol. The third kappa shape index (κ3) is 1.91. The van der Waals surface area contributed by atoms with Crippen LogP contribution in [-0.2, 0) is 11.2 Å². The largest absolute Gasteiger partial charge is 0.481 e. The number of aliphatic carboxylic acids is 1. The summed E-state index contributed by atoms with van der Waals surface area (Å²) in [4.78, 5) is 24.7. The first-order chi connectivity index (χ1) is 8.00. The van der Waals surface area contributed by atoms with E-state index in [1.54, 1.807) is 13.0 Å². The van der Waals surface area contributed by atoms with E-state index >= 15 is 0 Å². The molecule has 88 valence electrons. The van der Waals surface area contributed by atoms with Gasteiger partial charge in [0.1, 0.15) is 5.82 Å². The van der Waals surface area contributed by atoms with Gasteiger partial charge < -0.3 is 10.1 Å². The number of halogens is 1. The van der Waals surface area contributed by atoms with Crippen LogP contribution < -0.4 is 5.56 Å². The van der Waals surface area contributed by atoms with Crippen molar-refractivity contribution in [3.05, 3.63) is 45.5 Å². The molecule has 1 aromatic carbocycles. The van der Waals surface area contributed by atoms with E-state index in [4.69, 9.17) is 5.11 Å². The predicted octanol–water partition coefficient (Wildman–Crippen LogP) is 1.60. The van der Waals surface area contributed by atoms with Crippen molar-refractivity contribution in [3.63, 3.8) is 0 Å². The van der Waals surface area contributed by atoms with E-state index in [1.807, 2.05) is 0 Å². The highest BCUT2D eigenvalue weighted by Crippen LogP contribution is 2.19. The van der Waals surface area contributed by atoms with Gasteiger partial charge in [0.05, 0.1) is 11.9 Å². The van der Waals surface area contributed by atoms with Gasteiger partial charge in [-0.05, 0) is 18.6 Å². The second-order valence-electron chi connectivity index (χ2n) is 3.79. The predicted molar refractivity (Wildman–Crippen MR) is 60.6 cm³/mol. The number of hydrogen-bond donors (Lipinski definition) is 2. The Morgan fingerprint density at radius 1 is 1.47 bits per heavy atom. The molecule has 0 bridgehead atoms. The molecule has 1 aromatic heterocycles. The average Bonchev–Trinajstić information content (AvgIpc) is 2.26. The van der Waals surface area contributed by atoms with Crippen molar-refractivity contribution in [1.82, 2.24) is 4.98 Å². The maximum absolute atomic E-state index is 13.5. The number of aromatic nitrogens is 1. The molecule has 2 aromatic rings. The number of carbonyl (C=O) groups is 1. The molecule has 0 aliphatic carbocycles. The highest BCUT2D eigenvalue weighted by molar-refractivity contribution is 5.84. The lowest BCUT2D eigenvalue weighted by atomic mass is 10.0. The first-order valence-corrected chi connectivity index (χ1v) is 5.02. The van der Waals surface area contributed by atoms with Crippen LogP contribution in [0.1, 0.15) is 11.1 Å². The highest BCUT2D eigenvalue weighted by Gasteiger charge is 2.13. The van der Waals surface area contributed by atoms with E-state index in [9.17, 15) is 14.0 Å². The van der Waals surface area contributed by atoms with E-state index in [0.29, 0.717) is 10.9 Å². The minimum absolute atomic E-state index is 0.115. The normalized spacial score (nSPS) is 10.7. The van der Waals surface area contributed by atoms with E-state index in [0.717, 1.165) is 0 Å². The Morgan fingerprint density at radius 2 is 2.18 bits per heavy atom. The molecule has 5 heteroatoms. The van der Waals surface area contributed by atoms with Crippen molar-refractivity contribution in [1.29, 1.82) is 0 Å². The lowest BCUT2D eigenvalue weighted by molar-refractivity contribution is -0.136. The Hall–Kier alpha value is -2.17. The van der Waals surface area contributed by atoms with Gasteiger partial charge in [-0.3, -0.25) is 9.59 Å². The minimum atomic E-state index is -1.09. The highest BCUT2D eigenvalue weighted by atomic mass is 19.1. The molecule has 0 radical (unpaired) electrons. The zero-order chi connectivity index (χ0) is 12.6. The molecule has 0 aliphatic rings. The van der Waals surface area contributed by atoms with Gasteiger partial charge in [0.15, 0.2) is 0 Å². The molecule has 17 heavy (non-hydrogen) atoms. The Labute approximate surface area is 95.7 Å². The fourth-order valence-electron chi connectivity index (χ4n) is 1.85. The molecule has 0 fully saturated rings. The summed E-state index contributed by atoms with van der Waals surface area (Å²) in [6.07, 6.45) is -0.367. The Kier molecular flexibility index (Phi) is 2.67. The maximum atomic E-state index is 13.5. The first-order valence-electron chi connectivity index (χ1n) is 5.02. The number of rotatable bonds is 2. The molecule has 0 atom stereocenters. The van der Waals surface area contributed by atoms with Crippen molar-refractivity contribution in [2.24, 2.45) is 0 Å². The second-order valence-corrected chi connectivity index (χ2v) is 3.79. The third-order valence-electron chi connectivity index (χ3n) is 2.71. The van der Waals surface area contributed by atoms with Crippen LogP contribution in [0.2, 0.25) is 0 Å².